The monoisotopic (exact) mass is 652 g/mol. The van der Waals surface area contributed by atoms with Gasteiger partial charge in [0.2, 0.25) is 0 Å². The van der Waals surface area contributed by atoms with E-state index in [1.165, 1.54) is 0 Å². The second-order valence-electron chi connectivity index (χ2n) is 12.7. The fraction of sp³-hybridized carbons (Fsp3) is 0.130. The molecule has 0 N–H and O–H groups in total. The molecule has 0 spiro atoms. The Bertz CT molecular complexity index is 2170. The molecule has 8 aromatic carbocycles. The fourth-order valence-electron chi connectivity index (χ4n) is 7.37. The Kier molecular flexibility index (Phi) is 7.90. The molecule has 0 amide bonds. The van der Waals surface area contributed by atoms with Crippen molar-refractivity contribution in [3.63, 3.8) is 0 Å². The molecule has 8 aromatic rings. The molecule has 4 nitrogen and oxygen atoms in total. The third-order valence-electron chi connectivity index (χ3n) is 9.67. The van der Waals surface area contributed by atoms with E-state index >= 15 is 0 Å². The van der Waals surface area contributed by atoms with Gasteiger partial charge in [-0.25, -0.2) is 0 Å². The van der Waals surface area contributed by atoms with Gasteiger partial charge in [-0.1, -0.05) is 121 Å². The van der Waals surface area contributed by atoms with Gasteiger partial charge in [0.15, 0.2) is 0 Å². The molecule has 0 unspecified atom stereocenters. The quantitative estimate of drug-likeness (QED) is 0.163. The van der Waals surface area contributed by atoms with Crippen LogP contribution in [0.3, 0.4) is 0 Å². The van der Waals surface area contributed by atoms with E-state index in [-0.39, 0.29) is 0 Å². The van der Waals surface area contributed by atoms with Crippen LogP contribution in [-0.4, -0.2) is 26.4 Å². The van der Waals surface area contributed by atoms with Crippen molar-refractivity contribution in [3.8, 4) is 45.3 Å². The summed E-state index contributed by atoms with van der Waals surface area (Å²) in [4.78, 5) is 0. The van der Waals surface area contributed by atoms with E-state index in [2.05, 4.69) is 146 Å². The Hall–Kier alpha value is -6.00. The molecule has 0 bridgehead atoms. The Morgan fingerprint density at radius 2 is 0.500 bits per heavy atom. The first kappa shape index (κ1) is 30.1. The zero-order valence-corrected chi connectivity index (χ0v) is 27.7. The van der Waals surface area contributed by atoms with Crippen molar-refractivity contribution in [2.45, 2.75) is 12.8 Å². The summed E-state index contributed by atoms with van der Waals surface area (Å²) in [5.74, 6) is 3.34. The Morgan fingerprint density at radius 1 is 0.260 bits per heavy atom. The lowest BCUT2D eigenvalue weighted by molar-refractivity contribution is 0.245. The molecule has 0 saturated heterocycles. The molecule has 4 heteroatoms. The highest BCUT2D eigenvalue weighted by molar-refractivity contribution is 6.11. The highest BCUT2D eigenvalue weighted by Crippen LogP contribution is 2.47. The van der Waals surface area contributed by atoms with E-state index in [1.54, 1.807) is 0 Å². The predicted octanol–water partition coefficient (Wildman–Crippen LogP) is 11.6. The molecule has 1 aliphatic rings. The second kappa shape index (κ2) is 13.1. The van der Waals surface area contributed by atoms with Crippen LogP contribution in [0.1, 0.15) is 12.8 Å². The van der Waals surface area contributed by atoms with Gasteiger partial charge < -0.3 is 18.9 Å². The minimum Gasteiger partial charge on any atom is -0.493 e. The lowest BCUT2D eigenvalue weighted by atomic mass is 9.92. The van der Waals surface area contributed by atoms with Gasteiger partial charge in [-0.2, -0.15) is 0 Å². The maximum atomic E-state index is 6.66. The van der Waals surface area contributed by atoms with Crippen molar-refractivity contribution in [1.29, 1.82) is 0 Å². The van der Waals surface area contributed by atoms with E-state index in [0.29, 0.717) is 39.3 Å². The molecule has 0 aliphatic carbocycles. The summed E-state index contributed by atoms with van der Waals surface area (Å²) in [6.07, 6.45) is 1.41. The summed E-state index contributed by atoms with van der Waals surface area (Å²) >= 11 is 0. The van der Waals surface area contributed by atoms with Crippen molar-refractivity contribution in [2.75, 3.05) is 26.4 Å². The van der Waals surface area contributed by atoms with Crippen LogP contribution in [0.25, 0.3) is 65.3 Å². The lowest BCUT2D eigenvalue weighted by Crippen LogP contribution is -2.09. The van der Waals surface area contributed by atoms with E-state index in [1.807, 2.05) is 0 Å². The van der Waals surface area contributed by atoms with Crippen LogP contribution in [0.15, 0.2) is 146 Å². The third-order valence-corrected chi connectivity index (χ3v) is 9.67. The number of hydrogen-bond donors (Lipinski definition) is 0. The zero-order valence-electron chi connectivity index (χ0n) is 27.7. The molecule has 0 radical (unpaired) electrons. The number of ether oxygens (including phenoxy) is 4. The molecule has 1 heterocycles. The van der Waals surface area contributed by atoms with Gasteiger partial charge in [0.05, 0.1) is 26.4 Å². The molecular weight excluding hydrogens is 617 g/mol. The maximum Gasteiger partial charge on any atom is 0.127 e. The predicted molar refractivity (Wildman–Crippen MR) is 205 cm³/mol. The molecule has 1 aliphatic heterocycles. The molecule has 0 saturated carbocycles. The van der Waals surface area contributed by atoms with Crippen LogP contribution in [-0.2, 0) is 0 Å². The van der Waals surface area contributed by atoms with Crippen molar-refractivity contribution in [3.05, 3.63) is 146 Å². The molecule has 0 aromatic heterocycles. The van der Waals surface area contributed by atoms with Crippen LogP contribution in [0.2, 0.25) is 0 Å². The SMILES string of the molecule is c1ccc2c3c(ccc2c1)OCCCOc1ccc2ccccc2c1-c1c(ccc2ccccc12)OCCCOc1ccc2ccccc2c1-3. The van der Waals surface area contributed by atoms with Crippen LogP contribution < -0.4 is 18.9 Å². The van der Waals surface area contributed by atoms with E-state index in [0.717, 1.165) is 88.3 Å². The van der Waals surface area contributed by atoms with Gasteiger partial charge in [-0.15, -0.1) is 0 Å². The average Bonchev–Trinajstić information content (AvgIpc) is 3.17. The largest absolute Gasteiger partial charge is 0.493 e. The normalized spacial score (nSPS) is 13.8. The zero-order chi connectivity index (χ0) is 33.3. The number of hydrogen-bond acceptors (Lipinski definition) is 4. The first-order chi connectivity index (χ1) is 24.8. The smallest absolute Gasteiger partial charge is 0.127 e. The third kappa shape index (κ3) is 5.43. The van der Waals surface area contributed by atoms with E-state index < -0.39 is 0 Å². The Labute approximate surface area is 291 Å². The Balaban J connectivity index is 1.17. The first-order valence-electron chi connectivity index (χ1n) is 17.4. The molecule has 0 fully saturated rings. The average molecular weight is 653 g/mol. The molecule has 0 atom stereocenters. The van der Waals surface area contributed by atoms with E-state index in [9.17, 15) is 0 Å². The highest BCUT2D eigenvalue weighted by atomic mass is 16.5. The topological polar surface area (TPSA) is 36.9 Å². The summed E-state index contributed by atoms with van der Waals surface area (Å²) < 4.78 is 26.7. The fourth-order valence-corrected chi connectivity index (χ4v) is 7.37. The van der Waals surface area contributed by atoms with Gasteiger partial charge in [-0.05, 0) is 67.4 Å². The van der Waals surface area contributed by atoms with Gasteiger partial charge >= 0.3 is 0 Å². The number of benzene rings is 8. The summed E-state index contributed by atoms with van der Waals surface area (Å²) in [6, 6.07) is 50.9. The number of fused-ring (bicyclic) bond motifs is 14. The minimum atomic E-state index is 0.498. The molecular formula is C46H36O4. The summed E-state index contributed by atoms with van der Waals surface area (Å²) in [6.45, 7) is 1.99. The van der Waals surface area contributed by atoms with Crippen LogP contribution in [0, 0.1) is 0 Å². The Morgan fingerprint density at radius 3 is 0.760 bits per heavy atom. The molecule has 244 valence electrons. The van der Waals surface area contributed by atoms with Crippen molar-refractivity contribution in [1.82, 2.24) is 0 Å². The molecule has 50 heavy (non-hydrogen) atoms. The van der Waals surface area contributed by atoms with Crippen molar-refractivity contribution < 1.29 is 18.9 Å². The standard InChI is InChI=1S/C46H36O4/c1-5-15-35-31(11-1)19-23-39-43(35)44-36-16-6-2-12-32(36)20-24-40(44)48-28-10-30-50-42-26-22-34-14-4-8-18-38(34)46(42)45-37-17-7-3-13-33(37)21-25-41(45)49-29-9-27-47-39/h1-8,11-26H,9-10,27-30H2. The van der Waals surface area contributed by atoms with Gasteiger partial charge in [0.1, 0.15) is 23.0 Å². The summed E-state index contributed by atoms with van der Waals surface area (Å²) in [7, 11) is 0. The van der Waals surface area contributed by atoms with E-state index in [4.69, 9.17) is 18.9 Å². The van der Waals surface area contributed by atoms with Crippen molar-refractivity contribution in [2.24, 2.45) is 0 Å². The number of rotatable bonds is 0. The van der Waals surface area contributed by atoms with Crippen LogP contribution in [0.5, 0.6) is 23.0 Å². The summed E-state index contributed by atoms with van der Waals surface area (Å²) in [5.41, 5.74) is 4.19. The molecule has 9 rings (SSSR count). The van der Waals surface area contributed by atoms with Crippen molar-refractivity contribution >= 4 is 43.1 Å². The van der Waals surface area contributed by atoms with Gasteiger partial charge in [0.25, 0.3) is 0 Å². The maximum absolute atomic E-state index is 6.66. The minimum absolute atomic E-state index is 0.498. The van der Waals surface area contributed by atoms with Gasteiger partial charge in [-0.3, -0.25) is 0 Å². The second-order valence-corrected chi connectivity index (χ2v) is 12.7. The summed E-state index contributed by atoms with van der Waals surface area (Å²) in [5, 5.41) is 9.14. The first-order valence-corrected chi connectivity index (χ1v) is 17.4. The lowest BCUT2D eigenvalue weighted by Gasteiger charge is -2.21. The van der Waals surface area contributed by atoms with Crippen LogP contribution >= 0.6 is 0 Å². The van der Waals surface area contributed by atoms with Gasteiger partial charge in [0, 0.05) is 35.1 Å². The van der Waals surface area contributed by atoms with Crippen LogP contribution in [0.4, 0.5) is 0 Å². The highest BCUT2D eigenvalue weighted by Gasteiger charge is 2.21.